The molecule has 23 heavy (non-hydrogen) atoms. The van der Waals surface area contributed by atoms with E-state index in [1.54, 1.807) is 49.4 Å². The van der Waals surface area contributed by atoms with Crippen molar-refractivity contribution in [1.29, 1.82) is 0 Å². The Morgan fingerprint density at radius 3 is 2.61 bits per heavy atom. The predicted octanol–water partition coefficient (Wildman–Crippen LogP) is 4.56. The lowest BCUT2D eigenvalue weighted by molar-refractivity contribution is -0.127. The molecule has 0 saturated heterocycles. The Bertz CT molecular complexity index is 735. The smallest absolute Gasteiger partial charge is 0.280 e. The van der Waals surface area contributed by atoms with Gasteiger partial charge in [0.1, 0.15) is 5.75 Å². The van der Waals surface area contributed by atoms with Gasteiger partial charge < -0.3 is 4.74 Å². The van der Waals surface area contributed by atoms with Crippen molar-refractivity contribution in [2.24, 2.45) is 5.10 Å². The Balaban J connectivity index is 1.92. The minimum absolute atomic E-state index is 0.397. The number of nitrogens with one attached hydrogen (secondary N) is 1. The van der Waals surface area contributed by atoms with Gasteiger partial charge in [0.25, 0.3) is 5.91 Å². The standard InChI is InChI=1S/C16H13Cl3N2O2/c1-10(23-14-4-2-3-12(17)7-14)16(22)21-20-9-11-5-6-13(18)8-15(11)19/h2-10H,1H3,(H,21,22)/b20-9+. The minimum Gasteiger partial charge on any atom is -0.481 e. The molecule has 0 aliphatic rings. The summed E-state index contributed by atoms with van der Waals surface area (Å²) in [5.41, 5.74) is 3.03. The average Bonchev–Trinajstić information content (AvgIpc) is 2.49. The summed E-state index contributed by atoms with van der Waals surface area (Å²) in [7, 11) is 0. The SMILES string of the molecule is CC(Oc1cccc(Cl)c1)C(=O)N/N=C/c1ccc(Cl)cc1Cl. The molecule has 0 fully saturated rings. The number of amides is 1. The molecule has 1 N–H and O–H groups in total. The van der Waals surface area contributed by atoms with E-state index in [9.17, 15) is 4.79 Å². The maximum absolute atomic E-state index is 11.9. The quantitative estimate of drug-likeness (QED) is 0.618. The number of hydrogen-bond donors (Lipinski definition) is 1. The van der Waals surface area contributed by atoms with Crippen molar-refractivity contribution in [2.75, 3.05) is 0 Å². The molecule has 120 valence electrons. The summed E-state index contributed by atoms with van der Waals surface area (Å²) in [6, 6.07) is 11.8. The molecule has 0 bridgehead atoms. The summed E-state index contributed by atoms with van der Waals surface area (Å²) >= 11 is 17.7. The zero-order valence-corrected chi connectivity index (χ0v) is 14.4. The highest BCUT2D eigenvalue weighted by molar-refractivity contribution is 6.36. The van der Waals surface area contributed by atoms with Gasteiger partial charge in [0.2, 0.25) is 0 Å². The van der Waals surface area contributed by atoms with Crippen LogP contribution in [0, 0.1) is 0 Å². The number of ether oxygens (including phenoxy) is 1. The molecular weight excluding hydrogens is 359 g/mol. The molecule has 0 radical (unpaired) electrons. The van der Waals surface area contributed by atoms with Crippen LogP contribution in [-0.4, -0.2) is 18.2 Å². The molecule has 2 aromatic rings. The third-order valence-corrected chi connectivity index (χ3v) is 3.62. The molecular formula is C16H13Cl3N2O2. The van der Waals surface area contributed by atoms with E-state index in [1.165, 1.54) is 6.21 Å². The van der Waals surface area contributed by atoms with Crippen LogP contribution in [0.3, 0.4) is 0 Å². The van der Waals surface area contributed by atoms with Crippen molar-refractivity contribution < 1.29 is 9.53 Å². The number of benzene rings is 2. The number of carbonyl (C=O) groups excluding carboxylic acids is 1. The molecule has 0 aliphatic heterocycles. The van der Waals surface area contributed by atoms with Crippen LogP contribution in [0.4, 0.5) is 0 Å². The second kappa shape index (κ2) is 8.20. The number of hydrogen-bond acceptors (Lipinski definition) is 3. The predicted molar refractivity (Wildman–Crippen MR) is 93.7 cm³/mol. The summed E-state index contributed by atoms with van der Waals surface area (Å²) in [6.07, 6.45) is 0.703. The molecule has 0 aromatic heterocycles. The largest absolute Gasteiger partial charge is 0.481 e. The fourth-order valence-corrected chi connectivity index (χ4v) is 2.30. The molecule has 0 saturated carbocycles. The first kappa shape index (κ1) is 17.6. The summed E-state index contributed by atoms with van der Waals surface area (Å²) in [5.74, 6) is 0.108. The van der Waals surface area contributed by atoms with E-state index in [0.717, 1.165) is 0 Å². The van der Waals surface area contributed by atoms with Crippen molar-refractivity contribution in [2.45, 2.75) is 13.0 Å². The number of hydrazone groups is 1. The first-order valence-electron chi connectivity index (χ1n) is 6.66. The lowest BCUT2D eigenvalue weighted by atomic mass is 10.2. The third-order valence-electron chi connectivity index (χ3n) is 2.82. The van der Waals surface area contributed by atoms with E-state index in [4.69, 9.17) is 39.5 Å². The topological polar surface area (TPSA) is 50.7 Å². The van der Waals surface area contributed by atoms with E-state index in [-0.39, 0.29) is 0 Å². The van der Waals surface area contributed by atoms with Gasteiger partial charge in [-0.05, 0) is 37.3 Å². The van der Waals surface area contributed by atoms with Gasteiger partial charge in [0.05, 0.1) is 11.2 Å². The Hall–Kier alpha value is -1.75. The second-order valence-electron chi connectivity index (χ2n) is 4.62. The highest BCUT2D eigenvalue weighted by Crippen LogP contribution is 2.20. The normalized spacial score (nSPS) is 12.2. The van der Waals surface area contributed by atoms with E-state index in [2.05, 4.69) is 10.5 Å². The monoisotopic (exact) mass is 370 g/mol. The summed E-state index contributed by atoms with van der Waals surface area (Å²) < 4.78 is 5.49. The molecule has 2 rings (SSSR count). The van der Waals surface area contributed by atoms with Gasteiger partial charge in [-0.15, -0.1) is 0 Å². The molecule has 1 amide bonds. The first-order chi connectivity index (χ1) is 11.0. The zero-order valence-electron chi connectivity index (χ0n) is 12.1. The van der Waals surface area contributed by atoms with Crippen LogP contribution in [0.5, 0.6) is 5.75 Å². The van der Waals surface area contributed by atoms with Gasteiger partial charge in [-0.3, -0.25) is 4.79 Å². The van der Waals surface area contributed by atoms with Gasteiger partial charge in [0.15, 0.2) is 6.10 Å². The summed E-state index contributed by atoms with van der Waals surface area (Å²) in [4.78, 5) is 11.9. The Morgan fingerprint density at radius 1 is 1.17 bits per heavy atom. The zero-order chi connectivity index (χ0) is 16.8. The number of nitrogens with zero attached hydrogens (tertiary/aromatic N) is 1. The second-order valence-corrected chi connectivity index (χ2v) is 5.90. The Labute approximate surface area is 149 Å². The number of halogens is 3. The third kappa shape index (κ3) is 5.43. The van der Waals surface area contributed by atoms with Gasteiger partial charge >= 0.3 is 0 Å². The van der Waals surface area contributed by atoms with Crippen LogP contribution < -0.4 is 10.2 Å². The lowest BCUT2D eigenvalue weighted by Gasteiger charge is -2.12. The highest BCUT2D eigenvalue weighted by Gasteiger charge is 2.14. The minimum atomic E-state index is -0.730. The molecule has 0 spiro atoms. The van der Waals surface area contributed by atoms with Crippen molar-refractivity contribution in [3.05, 3.63) is 63.1 Å². The highest BCUT2D eigenvalue weighted by atomic mass is 35.5. The number of carbonyl (C=O) groups is 1. The molecule has 2 aromatic carbocycles. The molecule has 0 heterocycles. The number of rotatable bonds is 5. The maximum atomic E-state index is 11.9. The van der Waals surface area contributed by atoms with Crippen LogP contribution in [0.25, 0.3) is 0 Å². The van der Waals surface area contributed by atoms with Crippen LogP contribution in [0.2, 0.25) is 15.1 Å². The van der Waals surface area contributed by atoms with Gasteiger partial charge in [-0.1, -0.05) is 46.9 Å². The van der Waals surface area contributed by atoms with Crippen LogP contribution >= 0.6 is 34.8 Å². The first-order valence-corrected chi connectivity index (χ1v) is 7.79. The molecule has 1 atom stereocenters. The Kier molecular flexibility index (Phi) is 6.28. The fourth-order valence-electron chi connectivity index (χ4n) is 1.66. The van der Waals surface area contributed by atoms with Gasteiger partial charge in [0, 0.05) is 15.6 Å². The van der Waals surface area contributed by atoms with Gasteiger partial charge in [-0.2, -0.15) is 5.10 Å². The van der Waals surface area contributed by atoms with Crippen molar-refractivity contribution in [3.8, 4) is 5.75 Å². The average molecular weight is 372 g/mol. The van der Waals surface area contributed by atoms with Crippen LogP contribution in [0.1, 0.15) is 12.5 Å². The summed E-state index contributed by atoms with van der Waals surface area (Å²) in [6.45, 7) is 1.61. The van der Waals surface area contributed by atoms with Crippen molar-refractivity contribution >= 4 is 46.9 Å². The van der Waals surface area contributed by atoms with Crippen molar-refractivity contribution in [3.63, 3.8) is 0 Å². The maximum Gasteiger partial charge on any atom is 0.280 e. The fraction of sp³-hybridized carbons (Fsp3) is 0.125. The molecule has 1 unspecified atom stereocenters. The molecule has 7 heteroatoms. The van der Waals surface area contributed by atoms with E-state index >= 15 is 0 Å². The molecule has 4 nitrogen and oxygen atoms in total. The van der Waals surface area contributed by atoms with Crippen LogP contribution in [-0.2, 0) is 4.79 Å². The van der Waals surface area contributed by atoms with Crippen molar-refractivity contribution in [1.82, 2.24) is 5.43 Å². The van der Waals surface area contributed by atoms with Crippen LogP contribution in [0.15, 0.2) is 47.6 Å². The Morgan fingerprint density at radius 2 is 1.91 bits per heavy atom. The van der Waals surface area contributed by atoms with E-state index in [1.807, 2.05) is 0 Å². The lowest BCUT2D eigenvalue weighted by Crippen LogP contribution is -2.33. The van der Waals surface area contributed by atoms with E-state index in [0.29, 0.717) is 26.4 Å². The summed E-state index contributed by atoms with van der Waals surface area (Å²) in [5, 5.41) is 5.36. The molecule has 0 aliphatic carbocycles. The van der Waals surface area contributed by atoms with E-state index < -0.39 is 12.0 Å². The van der Waals surface area contributed by atoms with Gasteiger partial charge in [-0.25, -0.2) is 5.43 Å².